The van der Waals surface area contributed by atoms with Gasteiger partial charge in [0.25, 0.3) is 5.91 Å². The predicted molar refractivity (Wildman–Crippen MR) is 54.8 cm³/mol. The molecule has 1 heterocycles. The van der Waals surface area contributed by atoms with Crippen LogP contribution in [0, 0.1) is 0 Å². The van der Waals surface area contributed by atoms with Crippen LogP contribution in [0.5, 0.6) is 0 Å². The molecule has 0 aromatic carbocycles. The van der Waals surface area contributed by atoms with Crippen molar-refractivity contribution in [2.45, 2.75) is 12.5 Å². The van der Waals surface area contributed by atoms with Gasteiger partial charge in [0.15, 0.2) is 0 Å². The van der Waals surface area contributed by atoms with Gasteiger partial charge in [-0.15, -0.1) is 11.3 Å². The van der Waals surface area contributed by atoms with Crippen LogP contribution in [0.1, 0.15) is 16.9 Å². The van der Waals surface area contributed by atoms with Gasteiger partial charge in [-0.25, -0.2) is 9.78 Å². The van der Waals surface area contributed by atoms with Crippen LogP contribution in [0.3, 0.4) is 0 Å². The molecule has 1 unspecified atom stereocenters. The lowest BCUT2D eigenvalue weighted by Gasteiger charge is -2.11. The average Bonchev–Trinajstić information content (AvgIpc) is 2.68. The van der Waals surface area contributed by atoms with E-state index in [-0.39, 0.29) is 5.69 Å². The van der Waals surface area contributed by atoms with E-state index in [2.05, 4.69) is 10.3 Å². The number of nitrogens with one attached hydrogen (secondary N) is 1. The summed E-state index contributed by atoms with van der Waals surface area (Å²) in [5.41, 5.74) is 6.41. The number of carbonyl (C=O) groups excluding carboxylic acids is 2. The van der Waals surface area contributed by atoms with Gasteiger partial charge >= 0.3 is 5.97 Å². The number of carboxylic acids is 1. The molecule has 16 heavy (non-hydrogen) atoms. The van der Waals surface area contributed by atoms with Gasteiger partial charge in [0.05, 0.1) is 11.9 Å². The van der Waals surface area contributed by atoms with Crippen LogP contribution in [0.2, 0.25) is 0 Å². The molecule has 4 N–H and O–H groups in total. The maximum atomic E-state index is 11.4. The Balaban J connectivity index is 2.65. The molecule has 86 valence electrons. The first-order valence-corrected chi connectivity index (χ1v) is 5.15. The number of aliphatic carboxylic acids is 1. The van der Waals surface area contributed by atoms with Crippen molar-refractivity contribution in [2.24, 2.45) is 5.73 Å². The monoisotopic (exact) mass is 243 g/mol. The Bertz CT molecular complexity index is 403. The summed E-state index contributed by atoms with van der Waals surface area (Å²) >= 11 is 1.21. The topological polar surface area (TPSA) is 122 Å². The summed E-state index contributed by atoms with van der Waals surface area (Å²) in [5.74, 6) is -2.76. The van der Waals surface area contributed by atoms with Crippen LogP contribution in [-0.4, -0.2) is 33.9 Å². The van der Waals surface area contributed by atoms with Crippen molar-refractivity contribution >= 4 is 29.1 Å². The predicted octanol–water partition coefficient (Wildman–Crippen LogP) is -0.799. The van der Waals surface area contributed by atoms with Gasteiger partial charge in [-0.3, -0.25) is 9.59 Å². The van der Waals surface area contributed by atoms with E-state index in [9.17, 15) is 14.4 Å². The molecule has 0 bridgehead atoms. The number of hydrogen-bond donors (Lipinski definition) is 3. The van der Waals surface area contributed by atoms with Crippen molar-refractivity contribution in [2.75, 3.05) is 0 Å². The lowest BCUT2D eigenvalue weighted by molar-refractivity contribution is -0.140. The number of aromatic nitrogens is 1. The summed E-state index contributed by atoms with van der Waals surface area (Å²) in [7, 11) is 0. The van der Waals surface area contributed by atoms with Crippen LogP contribution >= 0.6 is 11.3 Å². The minimum atomic E-state index is -1.33. The number of nitrogens with two attached hydrogens (primary N) is 1. The van der Waals surface area contributed by atoms with Crippen LogP contribution in [0.4, 0.5) is 0 Å². The van der Waals surface area contributed by atoms with Crippen LogP contribution < -0.4 is 11.1 Å². The molecule has 0 saturated carbocycles. The number of primary amides is 1. The lowest BCUT2D eigenvalue weighted by atomic mass is 10.2. The van der Waals surface area contributed by atoms with E-state index in [0.717, 1.165) is 0 Å². The molecular formula is C8H9N3O4S. The molecule has 0 aliphatic rings. The molecule has 1 rings (SSSR count). The van der Waals surface area contributed by atoms with E-state index >= 15 is 0 Å². The van der Waals surface area contributed by atoms with E-state index in [1.807, 2.05) is 0 Å². The number of amides is 2. The molecule has 0 aliphatic heterocycles. The molecule has 1 atom stereocenters. The SMILES string of the molecule is NC(=O)CC(NC(=O)c1cscn1)C(=O)O. The second-order valence-electron chi connectivity index (χ2n) is 2.91. The third-order valence-electron chi connectivity index (χ3n) is 1.67. The van der Waals surface area contributed by atoms with Crippen molar-refractivity contribution in [3.8, 4) is 0 Å². The van der Waals surface area contributed by atoms with Gasteiger partial charge in [-0.05, 0) is 0 Å². The zero-order valence-corrected chi connectivity index (χ0v) is 8.86. The normalized spacial score (nSPS) is 11.8. The largest absolute Gasteiger partial charge is 0.480 e. The Morgan fingerprint density at radius 3 is 2.69 bits per heavy atom. The first kappa shape index (κ1) is 12.1. The number of nitrogens with zero attached hydrogens (tertiary/aromatic N) is 1. The average molecular weight is 243 g/mol. The van der Waals surface area contributed by atoms with Gasteiger partial charge in [-0.1, -0.05) is 0 Å². The van der Waals surface area contributed by atoms with Gasteiger partial charge in [0.1, 0.15) is 11.7 Å². The zero-order valence-electron chi connectivity index (χ0n) is 8.04. The molecule has 1 aromatic rings. The Kier molecular flexibility index (Phi) is 3.95. The summed E-state index contributed by atoms with van der Waals surface area (Å²) in [4.78, 5) is 36.4. The van der Waals surface area contributed by atoms with Crippen molar-refractivity contribution in [3.63, 3.8) is 0 Å². The summed E-state index contributed by atoms with van der Waals surface area (Å²) in [5, 5.41) is 12.4. The lowest BCUT2D eigenvalue weighted by Crippen LogP contribution is -2.43. The molecule has 0 spiro atoms. The Morgan fingerprint density at radius 2 is 2.25 bits per heavy atom. The molecule has 8 heteroatoms. The maximum Gasteiger partial charge on any atom is 0.326 e. The molecule has 1 aromatic heterocycles. The number of carbonyl (C=O) groups is 3. The van der Waals surface area contributed by atoms with Crippen LogP contribution in [0.15, 0.2) is 10.9 Å². The Morgan fingerprint density at radius 1 is 1.56 bits per heavy atom. The van der Waals surface area contributed by atoms with Crippen LogP contribution in [-0.2, 0) is 9.59 Å². The van der Waals surface area contributed by atoms with Crippen molar-refractivity contribution < 1.29 is 19.5 Å². The number of hydrogen-bond acceptors (Lipinski definition) is 5. The van der Waals surface area contributed by atoms with Gasteiger partial charge in [0.2, 0.25) is 5.91 Å². The van der Waals surface area contributed by atoms with Gasteiger partial charge in [0, 0.05) is 5.38 Å². The molecule has 2 amide bonds. The zero-order chi connectivity index (χ0) is 12.1. The fourth-order valence-corrected chi connectivity index (χ4v) is 1.49. The molecule has 0 radical (unpaired) electrons. The van der Waals surface area contributed by atoms with Crippen LogP contribution in [0.25, 0.3) is 0 Å². The highest BCUT2D eigenvalue weighted by atomic mass is 32.1. The maximum absolute atomic E-state index is 11.4. The highest BCUT2D eigenvalue weighted by Crippen LogP contribution is 2.02. The minimum absolute atomic E-state index is 0.112. The molecule has 0 fully saturated rings. The van der Waals surface area contributed by atoms with Crippen molar-refractivity contribution in [1.82, 2.24) is 10.3 Å². The van der Waals surface area contributed by atoms with E-state index in [0.29, 0.717) is 0 Å². The second-order valence-corrected chi connectivity index (χ2v) is 3.63. The highest BCUT2D eigenvalue weighted by molar-refractivity contribution is 7.07. The van der Waals surface area contributed by atoms with E-state index < -0.39 is 30.2 Å². The first-order valence-electron chi connectivity index (χ1n) is 4.21. The molecule has 0 aliphatic carbocycles. The van der Waals surface area contributed by atoms with E-state index in [4.69, 9.17) is 10.8 Å². The molecule has 0 saturated heterocycles. The number of thiazole rings is 1. The fraction of sp³-hybridized carbons (Fsp3) is 0.250. The number of carboxylic acid groups (broad SMARTS) is 1. The highest BCUT2D eigenvalue weighted by Gasteiger charge is 2.23. The van der Waals surface area contributed by atoms with Gasteiger partial charge in [-0.2, -0.15) is 0 Å². The molecular weight excluding hydrogens is 234 g/mol. The minimum Gasteiger partial charge on any atom is -0.480 e. The molecule has 7 nitrogen and oxygen atoms in total. The Hall–Kier alpha value is -1.96. The smallest absolute Gasteiger partial charge is 0.326 e. The fourth-order valence-electron chi connectivity index (χ4n) is 0.958. The van der Waals surface area contributed by atoms with Gasteiger partial charge < -0.3 is 16.2 Å². The summed E-state index contributed by atoms with van der Waals surface area (Å²) < 4.78 is 0. The standard InChI is InChI=1S/C8H9N3O4S/c9-6(12)1-4(8(14)15)11-7(13)5-2-16-3-10-5/h2-4H,1H2,(H2,9,12)(H,11,13)(H,14,15). The third-order valence-corrected chi connectivity index (χ3v) is 2.26. The summed E-state index contributed by atoms with van der Waals surface area (Å²) in [6, 6.07) is -1.33. The summed E-state index contributed by atoms with van der Waals surface area (Å²) in [6.45, 7) is 0. The third kappa shape index (κ3) is 3.31. The second kappa shape index (κ2) is 5.21. The number of rotatable bonds is 5. The van der Waals surface area contributed by atoms with Crippen molar-refractivity contribution in [3.05, 3.63) is 16.6 Å². The van der Waals surface area contributed by atoms with E-state index in [1.165, 1.54) is 22.2 Å². The Labute approximate surface area is 94.3 Å². The van der Waals surface area contributed by atoms with E-state index in [1.54, 1.807) is 0 Å². The summed E-state index contributed by atoms with van der Waals surface area (Å²) in [6.07, 6.45) is -0.453. The quantitative estimate of drug-likeness (QED) is 0.625. The van der Waals surface area contributed by atoms with Crippen molar-refractivity contribution in [1.29, 1.82) is 0 Å². The first-order chi connectivity index (χ1) is 7.50.